The first-order chi connectivity index (χ1) is 9.61. The van der Waals surface area contributed by atoms with Gasteiger partial charge in [-0.2, -0.15) is 0 Å². The van der Waals surface area contributed by atoms with Crippen LogP contribution in [-0.4, -0.2) is 55.5 Å². The predicted molar refractivity (Wildman–Crippen MR) is 78.1 cm³/mol. The standard InChI is InChI=1S/C12H20N4O3S/c1-8(7-17)6-14-11(18)9-10(13)15-12(20-9)16-2-4-19-5-3-16/h8,17H,2-7,13H2,1H3,(H,14,18). The van der Waals surface area contributed by atoms with E-state index in [0.717, 1.165) is 18.2 Å². The molecule has 0 saturated carbocycles. The quantitative estimate of drug-likeness (QED) is 0.703. The third kappa shape index (κ3) is 3.59. The minimum absolute atomic E-state index is 0.0202. The second-order valence-corrected chi connectivity index (χ2v) is 5.79. The first kappa shape index (κ1) is 15.0. The zero-order valence-corrected chi connectivity index (χ0v) is 12.3. The maximum Gasteiger partial charge on any atom is 0.265 e. The number of morpholine rings is 1. The Morgan fingerprint density at radius 3 is 2.95 bits per heavy atom. The number of hydrogen-bond donors (Lipinski definition) is 3. The van der Waals surface area contributed by atoms with Gasteiger partial charge >= 0.3 is 0 Å². The summed E-state index contributed by atoms with van der Waals surface area (Å²) in [5, 5.41) is 12.5. The average molecular weight is 300 g/mol. The van der Waals surface area contributed by atoms with Crippen LogP contribution in [0, 0.1) is 5.92 Å². The summed E-state index contributed by atoms with van der Waals surface area (Å²) < 4.78 is 5.28. The van der Waals surface area contributed by atoms with E-state index in [1.165, 1.54) is 11.3 Å². The summed E-state index contributed by atoms with van der Waals surface area (Å²) in [6, 6.07) is 0. The molecule has 0 aliphatic carbocycles. The van der Waals surface area contributed by atoms with Crippen molar-refractivity contribution < 1.29 is 14.6 Å². The molecule has 112 valence electrons. The van der Waals surface area contributed by atoms with E-state index in [-0.39, 0.29) is 24.2 Å². The second-order valence-electron chi connectivity index (χ2n) is 4.81. The van der Waals surface area contributed by atoms with Crippen LogP contribution in [0.3, 0.4) is 0 Å². The highest BCUT2D eigenvalue weighted by atomic mass is 32.1. The molecule has 1 aliphatic heterocycles. The zero-order chi connectivity index (χ0) is 14.5. The number of carbonyl (C=O) groups excluding carboxylic acids is 1. The number of aliphatic hydroxyl groups excluding tert-OH is 1. The van der Waals surface area contributed by atoms with E-state index in [0.29, 0.717) is 24.6 Å². The first-order valence-electron chi connectivity index (χ1n) is 6.60. The van der Waals surface area contributed by atoms with Crippen LogP contribution in [0.1, 0.15) is 16.6 Å². The fourth-order valence-corrected chi connectivity index (χ4v) is 2.74. The molecule has 1 fully saturated rings. The minimum atomic E-state index is -0.236. The number of hydrogen-bond acceptors (Lipinski definition) is 7. The highest BCUT2D eigenvalue weighted by Gasteiger charge is 2.21. The van der Waals surface area contributed by atoms with Crippen LogP contribution >= 0.6 is 11.3 Å². The Morgan fingerprint density at radius 1 is 1.60 bits per heavy atom. The summed E-state index contributed by atoms with van der Waals surface area (Å²) in [7, 11) is 0. The number of anilines is 2. The normalized spacial score (nSPS) is 17.0. The molecule has 1 aromatic rings. The van der Waals surface area contributed by atoms with Gasteiger partial charge in [-0.3, -0.25) is 4.79 Å². The van der Waals surface area contributed by atoms with Crippen molar-refractivity contribution in [3.05, 3.63) is 4.88 Å². The van der Waals surface area contributed by atoms with Gasteiger partial charge in [0.25, 0.3) is 5.91 Å². The van der Waals surface area contributed by atoms with Crippen molar-refractivity contribution in [3.63, 3.8) is 0 Å². The molecule has 2 heterocycles. The molecular formula is C12H20N4O3S. The molecule has 7 nitrogen and oxygen atoms in total. The van der Waals surface area contributed by atoms with E-state index >= 15 is 0 Å². The number of rotatable bonds is 5. The molecule has 1 amide bonds. The molecule has 1 aliphatic rings. The van der Waals surface area contributed by atoms with Gasteiger partial charge in [0, 0.05) is 26.2 Å². The Labute approximate surface area is 121 Å². The van der Waals surface area contributed by atoms with E-state index in [1.807, 2.05) is 6.92 Å². The van der Waals surface area contributed by atoms with Gasteiger partial charge in [-0.05, 0) is 5.92 Å². The third-order valence-corrected chi connectivity index (χ3v) is 4.18. The molecular weight excluding hydrogens is 280 g/mol. The van der Waals surface area contributed by atoms with Crippen LogP contribution in [0.5, 0.6) is 0 Å². The molecule has 0 radical (unpaired) electrons. The van der Waals surface area contributed by atoms with E-state index in [2.05, 4.69) is 15.2 Å². The maximum atomic E-state index is 12.0. The lowest BCUT2D eigenvalue weighted by molar-refractivity contribution is 0.0947. The smallest absolute Gasteiger partial charge is 0.265 e. The topological polar surface area (TPSA) is 101 Å². The van der Waals surface area contributed by atoms with Crippen LogP contribution in [0.2, 0.25) is 0 Å². The Balaban J connectivity index is 2.01. The highest BCUT2D eigenvalue weighted by Crippen LogP contribution is 2.28. The van der Waals surface area contributed by atoms with Crippen LogP contribution in [-0.2, 0) is 4.74 Å². The van der Waals surface area contributed by atoms with Crippen molar-refractivity contribution in [2.24, 2.45) is 5.92 Å². The molecule has 20 heavy (non-hydrogen) atoms. The number of aliphatic hydroxyl groups is 1. The van der Waals surface area contributed by atoms with Gasteiger partial charge in [0.1, 0.15) is 10.7 Å². The number of amides is 1. The predicted octanol–water partition coefficient (Wildman–Crippen LogP) is -0.0799. The van der Waals surface area contributed by atoms with Crippen molar-refractivity contribution in [3.8, 4) is 0 Å². The molecule has 2 rings (SSSR count). The largest absolute Gasteiger partial charge is 0.396 e. The van der Waals surface area contributed by atoms with Crippen LogP contribution in [0.25, 0.3) is 0 Å². The number of nitrogen functional groups attached to an aromatic ring is 1. The van der Waals surface area contributed by atoms with Gasteiger partial charge in [-0.1, -0.05) is 18.3 Å². The lowest BCUT2D eigenvalue weighted by Crippen LogP contribution is -2.36. The minimum Gasteiger partial charge on any atom is -0.396 e. The summed E-state index contributed by atoms with van der Waals surface area (Å²) >= 11 is 1.29. The van der Waals surface area contributed by atoms with E-state index < -0.39 is 0 Å². The van der Waals surface area contributed by atoms with E-state index in [4.69, 9.17) is 15.6 Å². The fourth-order valence-electron chi connectivity index (χ4n) is 1.78. The van der Waals surface area contributed by atoms with E-state index in [9.17, 15) is 4.79 Å². The first-order valence-corrected chi connectivity index (χ1v) is 7.41. The van der Waals surface area contributed by atoms with Gasteiger partial charge < -0.3 is 25.8 Å². The number of nitrogens with two attached hydrogens (primary N) is 1. The third-order valence-electron chi connectivity index (χ3n) is 3.05. The number of ether oxygens (including phenoxy) is 1. The summed E-state index contributed by atoms with van der Waals surface area (Å²) in [6.45, 7) is 5.15. The number of nitrogens with zero attached hydrogens (tertiary/aromatic N) is 2. The van der Waals surface area contributed by atoms with Crippen molar-refractivity contribution in [2.45, 2.75) is 6.92 Å². The van der Waals surface area contributed by atoms with Crippen LogP contribution in [0.4, 0.5) is 10.9 Å². The van der Waals surface area contributed by atoms with Crippen molar-refractivity contribution in [2.75, 3.05) is 50.1 Å². The SMILES string of the molecule is CC(CO)CNC(=O)c1sc(N2CCOCC2)nc1N. The molecule has 8 heteroatoms. The van der Waals surface area contributed by atoms with Gasteiger partial charge in [0.2, 0.25) is 0 Å². The monoisotopic (exact) mass is 300 g/mol. The number of nitrogens with one attached hydrogen (secondary N) is 1. The molecule has 0 spiro atoms. The molecule has 0 aromatic carbocycles. The molecule has 0 bridgehead atoms. The summed E-state index contributed by atoms with van der Waals surface area (Å²) in [6.07, 6.45) is 0. The Morgan fingerprint density at radius 2 is 2.30 bits per heavy atom. The molecule has 1 unspecified atom stereocenters. The molecule has 1 saturated heterocycles. The average Bonchev–Trinajstić information content (AvgIpc) is 2.87. The van der Waals surface area contributed by atoms with E-state index in [1.54, 1.807) is 0 Å². The lowest BCUT2D eigenvalue weighted by atomic mass is 10.2. The summed E-state index contributed by atoms with van der Waals surface area (Å²) in [4.78, 5) is 18.8. The van der Waals surface area contributed by atoms with Crippen LogP contribution in [0.15, 0.2) is 0 Å². The highest BCUT2D eigenvalue weighted by molar-refractivity contribution is 7.18. The lowest BCUT2D eigenvalue weighted by Gasteiger charge is -2.25. The second kappa shape index (κ2) is 6.87. The number of aromatic nitrogens is 1. The maximum absolute atomic E-state index is 12.0. The number of thiazole rings is 1. The Kier molecular flexibility index (Phi) is 5.16. The van der Waals surface area contributed by atoms with Crippen LogP contribution < -0.4 is 16.0 Å². The summed E-state index contributed by atoms with van der Waals surface area (Å²) in [5.41, 5.74) is 5.82. The molecule has 1 aromatic heterocycles. The zero-order valence-electron chi connectivity index (χ0n) is 11.5. The van der Waals surface area contributed by atoms with Crippen molar-refractivity contribution >= 4 is 28.2 Å². The Bertz CT molecular complexity index is 460. The molecule has 4 N–H and O–H groups in total. The fraction of sp³-hybridized carbons (Fsp3) is 0.667. The molecule has 1 atom stereocenters. The van der Waals surface area contributed by atoms with Crippen molar-refractivity contribution in [1.82, 2.24) is 10.3 Å². The van der Waals surface area contributed by atoms with Gasteiger partial charge in [0.05, 0.1) is 13.2 Å². The van der Waals surface area contributed by atoms with Gasteiger partial charge in [-0.15, -0.1) is 0 Å². The van der Waals surface area contributed by atoms with Crippen molar-refractivity contribution in [1.29, 1.82) is 0 Å². The van der Waals surface area contributed by atoms with Gasteiger partial charge in [-0.25, -0.2) is 4.98 Å². The number of carbonyl (C=O) groups is 1. The van der Waals surface area contributed by atoms with Gasteiger partial charge in [0.15, 0.2) is 5.13 Å². The summed E-state index contributed by atoms with van der Waals surface area (Å²) in [5.74, 6) is 0.0391. The Hall–Kier alpha value is -1.38.